The second-order valence-electron chi connectivity index (χ2n) is 4.71. The summed E-state index contributed by atoms with van der Waals surface area (Å²) in [5, 5.41) is 4.08. The summed E-state index contributed by atoms with van der Waals surface area (Å²) in [5.41, 5.74) is 1.05. The summed E-state index contributed by atoms with van der Waals surface area (Å²) in [6, 6.07) is 13.2. The first-order valence-electron chi connectivity index (χ1n) is 7.04. The van der Waals surface area contributed by atoms with Crippen molar-refractivity contribution in [2.75, 3.05) is 13.7 Å². The molecule has 2 aromatic rings. The molecule has 3 nitrogen and oxygen atoms in total. The number of benzene rings is 2. The monoisotopic (exact) mass is 305 g/mol. The Hall–Kier alpha value is -1.71. The van der Waals surface area contributed by atoms with Crippen LogP contribution in [0.1, 0.15) is 18.9 Å². The molecule has 2 aromatic carbocycles. The Labute approximate surface area is 130 Å². The molecule has 0 radical (unpaired) electrons. The average molecular weight is 306 g/mol. The highest BCUT2D eigenvalue weighted by atomic mass is 35.5. The number of hydrogen-bond donors (Lipinski definition) is 1. The van der Waals surface area contributed by atoms with E-state index in [4.69, 9.17) is 21.1 Å². The van der Waals surface area contributed by atoms with Gasteiger partial charge in [-0.2, -0.15) is 0 Å². The lowest BCUT2D eigenvalue weighted by atomic mass is 10.2. The van der Waals surface area contributed by atoms with Gasteiger partial charge in [-0.15, -0.1) is 0 Å². The fourth-order valence-corrected chi connectivity index (χ4v) is 2.15. The fraction of sp³-hybridized carbons (Fsp3) is 0.294. The van der Waals surface area contributed by atoms with Crippen LogP contribution in [0, 0.1) is 0 Å². The third kappa shape index (κ3) is 4.66. The molecule has 0 saturated carbocycles. The van der Waals surface area contributed by atoms with Crippen LogP contribution < -0.4 is 14.8 Å². The Bertz CT molecular complexity index is 570. The van der Waals surface area contributed by atoms with Crippen LogP contribution in [-0.4, -0.2) is 13.7 Å². The van der Waals surface area contributed by atoms with Crippen LogP contribution in [0.2, 0.25) is 5.02 Å². The third-order valence-corrected chi connectivity index (χ3v) is 3.29. The minimum Gasteiger partial charge on any atom is -0.497 e. The Morgan fingerprint density at radius 3 is 2.43 bits per heavy atom. The van der Waals surface area contributed by atoms with Gasteiger partial charge in [0.25, 0.3) is 0 Å². The highest BCUT2D eigenvalue weighted by Crippen LogP contribution is 2.29. The third-order valence-electron chi connectivity index (χ3n) is 3.05. The molecule has 0 amide bonds. The van der Waals surface area contributed by atoms with Crippen molar-refractivity contribution in [2.45, 2.75) is 19.9 Å². The lowest BCUT2D eigenvalue weighted by Gasteiger charge is -2.12. The minimum atomic E-state index is 0.713. The van der Waals surface area contributed by atoms with Gasteiger partial charge in [0.1, 0.15) is 17.2 Å². The number of ether oxygens (including phenoxy) is 2. The summed E-state index contributed by atoms with van der Waals surface area (Å²) >= 11 is 6.07. The summed E-state index contributed by atoms with van der Waals surface area (Å²) in [6.07, 6.45) is 1.09. The Kier molecular flexibility index (Phi) is 5.90. The van der Waals surface area contributed by atoms with Crippen molar-refractivity contribution in [1.29, 1.82) is 0 Å². The average Bonchev–Trinajstić information content (AvgIpc) is 2.51. The van der Waals surface area contributed by atoms with Crippen molar-refractivity contribution in [3.63, 3.8) is 0 Å². The molecule has 0 aliphatic carbocycles. The maximum absolute atomic E-state index is 6.07. The smallest absolute Gasteiger partial charge is 0.132 e. The van der Waals surface area contributed by atoms with E-state index in [1.165, 1.54) is 0 Å². The van der Waals surface area contributed by atoms with Crippen LogP contribution in [0.25, 0.3) is 0 Å². The second-order valence-corrected chi connectivity index (χ2v) is 5.14. The standard InChI is InChI=1S/C17H20ClNO2/c1-3-10-19-12-13-11-14(18)4-9-17(13)21-16-7-5-15(20-2)6-8-16/h4-9,11,19H,3,10,12H2,1-2H3. The number of methoxy groups -OCH3 is 1. The quantitative estimate of drug-likeness (QED) is 0.756. The summed E-state index contributed by atoms with van der Waals surface area (Å²) in [4.78, 5) is 0. The van der Waals surface area contributed by atoms with E-state index < -0.39 is 0 Å². The van der Waals surface area contributed by atoms with Gasteiger partial charge in [-0.05, 0) is 55.4 Å². The zero-order valence-electron chi connectivity index (χ0n) is 12.4. The molecule has 0 aromatic heterocycles. The largest absolute Gasteiger partial charge is 0.497 e. The molecule has 21 heavy (non-hydrogen) atoms. The summed E-state index contributed by atoms with van der Waals surface area (Å²) in [5.74, 6) is 2.39. The van der Waals surface area contributed by atoms with E-state index in [9.17, 15) is 0 Å². The first kappa shape index (κ1) is 15.7. The predicted molar refractivity (Wildman–Crippen MR) is 86.5 cm³/mol. The molecule has 0 atom stereocenters. The molecule has 0 aliphatic rings. The summed E-state index contributed by atoms with van der Waals surface area (Å²) in [6.45, 7) is 3.84. The lowest BCUT2D eigenvalue weighted by molar-refractivity contribution is 0.412. The molecule has 0 saturated heterocycles. The molecule has 0 aliphatic heterocycles. The molecule has 0 bridgehead atoms. The molecular formula is C17H20ClNO2. The number of rotatable bonds is 7. The first-order valence-corrected chi connectivity index (χ1v) is 7.41. The number of hydrogen-bond acceptors (Lipinski definition) is 3. The molecule has 2 rings (SSSR count). The van der Waals surface area contributed by atoms with Gasteiger partial charge in [0.2, 0.25) is 0 Å². The van der Waals surface area contributed by atoms with Crippen LogP contribution in [0.15, 0.2) is 42.5 Å². The normalized spacial score (nSPS) is 10.4. The van der Waals surface area contributed by atoms with Crippen molar-refractivity contribution >= 4 is 11.6 Å². The van der Waals surface area contributed by atoms with Gasteiger partial charge in [0.05, 0.1) is 7.11 Å². The molecule has 4 heteroatoms. The van der Waals surface area contributed by atoms with Crippen LogP contribution >= 0.6 is 11.6 Å². The minimum absolute atomic E-state index is 0.713. The van der Waals surface area contributed by atoms with Gasteiger partial charge < -0.3 is 14.8 Å². The lowest BCUT2D eigenvalue weighted by Crippen LogP contribution is -2.14. The molecule has 1 N–H and O–H groups in total. The van der Waals surface area contributed by atoms with Gasteiger partial charge in [-0.3, -0.25) is 0 Å². The highest BCUT2D eigenvalue weighted by molar-refractivity contribution is 6.30. The van der Waals surface area contributed by atoms with Gasteiger partial charge >= 0.3 is 0 Å². The van der Waals surface area contributed by atoms with Gasteiger partial charge in [-0.25, -0.2) is 0 Å². The van der Waals surface area contributed by atoms with Crippen molar-refractivity contribution in [1.82, 2.24) is 5.32 Å². The molecule has 0 heterocycles. The Morgan fingerprint density at radius 1 is 1.05 bits per heavy atom. The zero-order chi connectivity index (χ0) is 15.1. The highest BCUT2D eigenvalue weighted by Gasteiger charge is 2.06. The van der Waals surface area contributed by atoms with E-state index in [1.807, 2.05) is 42.5 Å². The van der Waals surface area contributed by atoms with Gasteiger partial charge in [0, 0.05) is 17.1 Å². The molecule has 0 fully saturated rings. The van der Waals surface area contributed by atoms with E-state index in [0.717, 1.165) is 42.3 Å². The summed E-state index contributed by atoms with van der Waals surface area (Å²) in [7, 11) is 1.65. The maximum atomic E-state index is 6.07. The maximum Gasteiger partial charge on any atom is 0.132 e. The van der Waals surface area contributed by atoms with Crippen molar-refractivity contribution in [3.8, 4) is 17.2 Å². The molecule has 0 unspecified atom stereocenters. The number of halogens is 1. The van der Waals surface area contributed by atoms with E-state index in [-0.39, 0.29) is 0 Å². The van der Waals surface area contributed by atoms with Crippen molar-refractivity contribution in [3.05, 3.63) is 53.1 Å². The van der Waals surface area contributed by atoms with E-state index in [1.54, 1.807) is 7.11 Å². The SMILES string of the molecule is CCCNCc1cc(Cl)ccc1Oc1ccc(OC)cc1. The van der Waals surface area contributed by atoms with Gasteiger partial charge in [-0.1, -0.05) is 18.5 Å². The fourth-order valence-electron chi connectivity index (χ4n) is 1.96. The van der Waals surface area contributed by atoms with Crippen LogP contribution in [0.3, 0.4) is 0 Å². The Balaban J connectivity index is 2.13. The Morgan fingerprint density at radius 2 is 1.76 bits per heavy atom. The van der Waals surface area contributed by atoms with Crippen molar-refractivity contribution in [2.24, 2.45) is 0 Å². The van der Waals surface area contributed by atoms with E-state index >= 15 is 0 Å². The van der Waals surface area contributed by atoms with E-state index in [0.29, 0.717) is 5.02 Å². The van der Waals surface area contributed by atoms with Gasteiger partial charge in [0.15, 0.2) is 0 Å². The predicted octanol–water partition coefficient (Wildman–Crippen LogP) is 4.64. The summed E-state index contributed by atoms with van der Waals surface area (Å²) < 4.78 is 11.1. The molecule has 0 spiro atoms. The van der Waals surface area contributed by atoms with Crippen LogP contribution in [-0.2, 0) is 6.54 Å². The van der Waals surface area contributed by atoms with E-state index in [2.05, 4.69) is 12.2 Å². The molecular weight excluding hydrogens is 286 g/mol. The molecule has 112 valence electrons. The topological polar surface area (TPSA) is 30.5 Å². The van der Waals surface area contributed by atoms with Crippen molar-refractivity contribution < 1.29 is 9.47 Å². The van der Waals surface area contributed by atoms with Crippen LogP contribution in [0.4, 0.5) is 0 Å². The zero-order valence-corrected chi connectivity index (χ0v) is 13.1. The van der Waals surface area contributed by atoms with Crippen LogP contribution in [0.5, 0.6) is 17.2 Å². The second kappa shape index (κ2) is 7.91. The first-order chi connectivity index (χ1) is 10.2. The number of nitrogens with one attached hydrogen (secondary N) is 1.